The molecule has 40 heavy (non-hydrogen) atoms. The number of hydrogen-bond acceptors (Lipinski definition) is 5. The van der Waals surface area contributed by atoms with Gasteiger partial charge in [0, 0.05) is 51.6 Å². The minimum absolute atomic E-state index is 0.0788. The Kier molecular flexibility index (Phi) is 9.35. The highest BCUT2D eigenvalue weighted by Gasteiger charge is 2.39. The van der Waals surface area contributed by atoms with E-state index in [1.165, 1.54) is 52.7 Å². The lowest BCUT2D eigenvalue weighted by Gasteiger charge is -2.37. The number of amides is 2. The number of likely N-dealkylation sites (N-methyl/N-ethyl adjacent to an activating group) is 1. The molecule has 1 saturated carbocycles. The molecule has 3 atom stereocenters. The molecule has 4 rings (SSSR count). The summed E-state index contributed by atoms with van der Waals surface area (Å²) in [4.78, 5) is 42.3. The van der Waals surface area contributed by atoms with E-state index in [1.807, 2.05) is 0 Å². The fourth-order valence-corrected chi connectivity index (χ4v) is 6.18. The molecule has 0 radical (unpaired) electrons. The third-order valence-corrected chi connectivity index (χ3v) is 9.13. The van der Waals surface area contributed by atoms with Crippen molar-refractivity contribution in [1.29, 1.82) is 0 Å². The Hall–Kier alpha value is -3.18. The van der Waals surface area contributed by atoms with E-state index in [1.54, 1.807) is 17.0 Å². The molecule has 1 aliphatic heterocycles. The summed E-state index contributed by atoms with van der Waals surface area (Å²) in [7, 11) is -1.86. The standard InChI is InChI=1S/C29H35F2N3O5S/c1-32(28(36)21-8-12-24(31)13-9-21)27(29(37)33-14-16-34(17-15-33)40(2,38)39)5-3-4-25(35)18-22-19-26(22)20-6-10-23(30)11-7-20/h6-13,22,26-27H,3-5,14-19H2,1-2H3/t22-,26+,27+/m1/s1. The first-order chi connectivity index (χ1) is 18.9. The molecule has 2 aliphatic rings. The first-order valence-electron chi connectivity index (χ1n) is 13.5. The van der Waals surface area contributed by atoms with Gasteiger partial charge in [0.05, 0.1) is 6.26 Å². The Morgan fingerprint density at radius 3 is 2.10 bits per heavy atom. The number of halogens is 2. The molecule has 2 aromatic carbocycles. The van der Waals surface area contributed by atoms with Gasteiger partial charge in [0.15, 0.2) is 0 Å². The minimum atomic E-state index is -3.37. The van der Waals surface area contributed by atoms with Gasteiger partial charge in [0.1, 0.15) is 23.5 Å². The van der Waals surface area contributed by atoms with Gasteiger partial charge in [-0.05, 0) is 73.1 Å². The van der Waals surface area contributed by atoms with Crippen molar-refractivity contribution >= 4 is 27.6 Å². The summed E-state index contributed by atoms with van der Waals surface area (Å²) in [6, 6.07) is 10.6. The SMILES string of the molecule is CN(C(=O)c1ccc(F)cc1)[C@@H](CCCC(=O)C[C@@H]1C[C@H]1c1ccc(F)cc1)C(=O)N1CCN(S(C)(=O)=O)CC1. The van der Waals surface area contributed by atoms with Crippen molar-refractivity contribution in [1.82, 2.24) is 14.1 Å². The number of Topliss-reactive ketones (excluding diaryl/α,β-unsaturated/α-hetero) is 1. The Morgan fingerprint density at radius 1 is 0.950 bits per heavy atom. The number of nitrogens with zero attached hydrogens (tertiary/aromatic N) is 3. The normalized spacial score (nSPS) is 20.1. The first-order valence-corrected chi connectivity index (χ1v) is 15.3. The van der Waals surface area contributed by atoms with Crippen LogP contribution in [0.2, 0.25) is 0 Å². The van der Waals surface area contributed by atoms with Gasteiger partial charge in [-0.3, -0.25) is 14.4 Å². The summed E-state index contributed by atoms with van der Waals surface area (Å²) in [5, 5.41) is 0. The first kappa shape index (κ1) is 29.8. The summed E-state index contributed by atoms with van der Waals surface area (Å²) in [5.41, 5.74) is 1.27. The van der Waals surface area contributed by atoms with Gasteiger partial charge in [0.25, 0.3) is 5.91 Å². The van der Waals surface area contributed by atoms with E-state index in [0.29, 0.717) is 12.8 Å². The van der Waals surface area contributed by atoms with Crippen molar-refractivity contribution in [3.05, 3.63) is 71.3 Å². The second-order valence-corrected chi connectivity index (χ2v) is 12.7. The van der Waals surface area contributed by atoms with Gasteiger partial charge in [-0.15, -0.1) is 0 Å². The zero-order chi connectivity index (χ0) is 29.0. The molecule has 1 aliphatic carbocycles. The van der Waals surface area contributed by atoms with E-state index in [0.717, 1.165) is 18.2 Å². The molecular formula is C29H35F2N3O5S. The lowest BCUT2D eigenvalue weighted by Crippen LogP contribution is -2.56. The van der Waals surface area contributed by atoms with Gasteiger partial charge in [-0.2, -0.15) is 4.31 Å². The molecule has 2 aromatic rings. The van der Waals surface area contributed by atoms with E-state index in [4.69, 9.17) is 0 Å². The maximum Gasteiger partial charge on any atom is 0.254 e. The van der Waals surface area contributed by atoms with Crippen molar-refractivity contribution in [2.45, 2.75) is 44.1 Å². The van der Waals surface area contributed by atoms with Crippen molar-refractivity contribution in [3.8, 4) is 0 Å². The van der Waals surface area contributed by atoms with Crippen LogP contribution in [0.4, 0.5) is 8.78 Å². The second kappa shape index (κ2) is 12.6. The minimum Gasteiger partial charge on any atom is -0.338 e. The van der Waals surface area contributed by atoms with Crippen LogP contribution < -0.4 is 0 Å². The largest absolute Gasteiger partial charge is 0.338 e. The number of sulfonamides is 1. The van der Waals surface area contributed by atoms with Crippen LogP contribution in [0.15, 0.2) is 48.5 Å². The molecule has 0 N–H and O–H groups in total. The number of piperazine rings is 1. The van der Waals surface area contributed by atoms with Crippen LogP contribution in [-0.2, 0) is 19.6 Å². The average molecular weight is 576 g/mol. The number of hydrogen-bond donors (Lipinski definition) is 0. The molecule has 8 nitrogen and oxygen atoms in total. The van der Waals surface area contributed by atoms with Crippen LogP contribution >= 0.6 is 0 Å². The fourth-order valence-electron chi connectivity index (χ4n) is 5.35. The van der Waals surface area contributed by atoms with Crippen LogP contribution in [0.1, 0.15) is 53.9 Å². The summed E-state index contributed by atoms with van der Waals surface area (Å²) in [6.45, 7) is 0.739. The maximum atomic E-state index is 13.6. The van der Waals surface area contributed by atoms with Gasteiger partial charge in [0.2, 0.25) is 15.9 Å². The lowest BCUT2D eigenvalue weighted by atomic mass is 10.0. The molecule has 0 spiro atoms. The van der Waals surface area contributed by atoms with E-state index >= 15 is 0 Å². The smallest absolute Gasteiger partial charge is 0.254 e. The molecule has 1 saturated heterocycles. The van der Waals surface area contributed by atoms with E-state index in [2.05, 4.69) is 0 Å². The van der Waals surface area contributed by atoms with E-state index in [9.17, 15) is 31.6 Å². The van der Waals surface area contributed by atoms with Crippen LogP contribution in [0.25, 0.3) is 0 Å². The predicted octanol–water partition coefficient (Wildman–Crippen LogP) is 3.44. The summed E-state index contributed by atoms with van der Waals surface area (Å²) in [5.74, 6) is -0.965. The summed E-state index contributed by atoms with van der Waals surface area (Å²) < 4.78 is 51.6. The quantitative estimate of drug-likeness (QED) is 0.409. The Labute approximate surface area is 234 Å². The Balaban J connectivity index is 1.36. The molecule has 216 valence electrons. The number of ketones is 1. The number of benzene rings is 2. The molecule has 1 heterocycles. The van der Waals surface area contributed by atoms with Gasteiger partial charge in [-0.25, -0.2) is 17.2 Å². The molecule has 2 amide bonds. The average Bonchev–Trinajstić information content (AvgIpc) is 3.69. The van der Waals surface area contributed by atoms with Crippen molar-refractivity contribution < 1.29 is 31.6 Å². The van der Waals surface area contributed by atoms with Crippen LogP contribution in [0, 0.1) is 17.6 Å². The molecule has 2 fully saturated rings. The second-order valence-electron chi connectivity index (χ2n) is 10.7. The van der Waals surface area contributed by atoms with Crippen LogP contribution in [0.5, 0.6) is 0 Å². The monoisotopic (exact) mass is 575 g/mol. The summed E-state index contributed by atoms with van der Waals surface area (Å²) >= 11 is 0. The van der Waals surface area contributed by atoms with Crippen molar-refractivity contribution in [2.24, 2.45) is 5.92 Å². The molecule has 0 aromatic heterocycles. The van der Waals surface area contributed by atoms with Gasteiger partial charge >= 0.3 is 0 Å². The third kappa shape index (κ3) is 7.51. The van der Waals surface area contributed by atoms with Crippen LogP contribution in [-0.4, -0.2) is 85.6 Å². The molecule has 0 bridgehead atoms. The molecule has 0 unspecified atom stereocenters. The van der Waals surface area contributed by atoms with Crippen molar-refractivity contribution in [2.75, 3.05) is 39.5 Å². The number of carbonyl (C=O) groups excluding carboxylic acids is 3. The molecule has 11 heteroatoms. The van der Waals surface area contributed by atoms with Gasteiger partial charge < -0.3 is 9.80 Å². The van der Waals surface area contributed by atoms with Crippen LogP contribution in [0.3, 0.4) is 0 Å². The topological polar surface area (TPSA) is 95.1 Å². The molecular weight excluding hydrogens is 540 g/mol. The predicted molar refractivity (Wildman–Crippen MR) is 146 cm³/mol. The third-order valence-electron chi connectivity index (χ3n) is 7.83. The summed E-state index contributed by atoms with van der Waals surface area (Å²) in [6.07, 6.45) is 3.34. The highest BCUT2D eigenvalue weighted by molar-refractivity contribution is 7.88. The zero-order valence-corrected chi connectivity index (χ0v) is 23.6. The number of rotatable bonds is 11. The Bertz CT molecular complexity index is 1330. The Morgan fingerprint density at radius 2 is 1.52 bits per heavy atom. The van der Waals surface area contributed by atoms with Crippen molar-refractivity contribution in [3.63, 3.8) is 0 Å². The fraction of sp³-hybridized carbons (Fsp3) is 0.483. The van der Waals surface area contributed by atoms with E-state index in [-0.39, 0.29) is 73.9 Å². The maximum absolute atomic E-state index is 13.6. The zero-order valence-electron chi connectivity index (χ0n) is 22.8. The number of carbonyl (C=O) groups is 3. The lowest BCUT2D eigenvalue weighted by molar-refractivity contribution is -0.137. The highest BCUT2D eigenvalue weighted by atomic mass is 32.2. The highest BCUT2D eigenvalue weighted by Crippen LogP contribution is 2.49. The van der Waals surface area contributed by atoms with Gasteiger partial charge in [-0.1, -0.05) is 12.1 Å². The van der Waals surface area contributed by atoms with E-state index < -0.39 is 27.8 Å².